The normalized spacial score (nSPS) is 21.9. The molecule has 2 heterocycles. The quantitative estimate of drug-likeness (QED) is 0.0789. The fourth-order valence-electron chi connectivity index (χ4n) is 8.00. The first-order chi connectivity index (χ1) is 31.5. The maximum atomic E-state index is 17.9. The van der Waals surface area contributed by atoms with E-state index in [1.165, 1.54) is 25.3 Å². The molecule has 6 aromatic rings. The largest absolute Gasteiger partial charge is 0.496 e. The number of benzene rings is 6. The summed E-state index contributed by atoms with van der Waals surface area (Å²) in [5.74, 6) is -1.27. The van der Waals surface area contributed by atoms with Gasteiger partial charge in [0.15, 0.2) is 6.29 Å². The molecule has 0 bridgehead atoms. The Hall–Kier alpha value is -5.64. The number of methoxy groups -OCH3 is 1. The van der Waals surface area contributed by atoms with E-state index in [1.54, 1.807) is 0 Å². The average molecular weight is 912 g/mol. The lowest BCUT2D eigenvalue weighted by Crippen LogP contribution is -2.62. The van der Waals surface area contributed by atoms with Gasteiger partial charge in [-0.1, -0.05) is 139 Å². The van der Waals surface area contributed by atoms with E-state index in [9.17, 15) is 18.0 Å². The molecular weight excluding hydrogens is 866 g/mol. The van der Waals surface area contributed by atoms with Gasteiger partial charge in [0.1, 0.15) is 36.9 Å². The monoisotopic (exact) mass is 911 g/mol. The van der Waals surface area contributed by atoms with Crippen LogP contribution in [0.1, 0.15) is 38.9 Å². The predicted molar refractivity (Wildman–Crippen MR) is 235 cm³/mol. The van der Waals surface area contributed by atoms with E-state index in [0.717, 1.165) is 45.4 Å². The van der Waals surface area contributed by atoms with Crippen LogP contribution in [0.5, 0.6) is 5.75 Å². The second-order valence-corrected chi connectivity index (χ2v) is 16.0. The molecule has 338 valence electrons. The molecule has 1 saturated heterocycles. The third kappa shape index (κ3) is 10.6. The van der Waals surface area contributed by atoms with Crippen LogP contribution in [-0.4, -0.2) is 57.1 Å². The van der Waals surface area contributed by atoms with Crippen molar-refractivity contribution >= 4 is 23.2 Å². The molecular formula is C51H46ClF4NO8. The van der Waals surface area contributed by atoms with Crippen LogP contribution in [-0.2, 0) is 71.5 Å². The van der Waals surface area contributed by atoms with Gasteiger partial charge < -0.3 is 33.2 Å². The predicted octanol–water partition coefficient (Wildman–Crippen LogP) is 10.6. The topological polar surface area (TPSA) is 84.9 Å². The smallest absolute Gasteiger partial charge is 0.416 e. The minimum absolute atomic E-state index is 0.0205. The number of nitrogens with zero attached hydrogens (tertiary/aromatic N) is 1. The summed E-state index contributed by atoms with van der Waals surface area (Å²) in [6.07, 6.45) is -9.95. The number of rotatable bonds is 18. The van der Waals surface area contributed by atoms with E-state index >= 15 is 4.39 Å². The van der Waals surface area contributed by atoms with Gasteiger partial charge in [0, 0.05) is 16.1 Å². The summed E-state index contributed by atoms with van der Waals surface area (Å²) in [5, 5.41) is 0.0777. The highest BCUT2D eigenvalue weighted by atomic mass is 35.5. The zero-order valence-corrected chi connectivity index (χ0v) is 36.0. The summed E-state index contributed by atoms with van der Waals surface area (Å²) in [6.45, 7) is -0.214. The van der Waals surface area contributed by atoms with Gasteiger partial charge in [0.25, 0.3) is 5.91 Å². The zero-order valence-electron chi connectivity index (χ0n) is 35.2. The third-order valence-corrected chi connectivity index (χ3v) is 11.5. The number of hydrogen-bond donors (Lipinski definition) is 0. The molecule has 1 fully saturated rings. The number of alkyl halides is 4. The Morgan fingerprint density at radius 2 is 1.15 bits per heavy atom. The Balaban J connectivity index is 1.17. The summed E-state index contributed by atoms with van der Waals surface area (Å²) >= 11 is 6.31. The lowest BCUT2D eigenvalue weighted by Gasteiger charge is -2.46. The number of carbonyl (C=O) groups is 1. The molecule has 14 heteroatoms. The first kappa shape index (κ1) is 45.9. The molecule has 8 rings (SSSR count). The van der Waals surface area contributed by atoms with Crippen LogP contribution in [0.15, 0.2) is 158 Å². The van der Waals surface area contributed by atoms with Crippen molar-refractivity contribution in [2.24, 2.45) is 0 Å². The minimum Gasteiger partial charge on any atom is -0.496 e. The van der Waals surface area contributed by atoms with Crippen LogP contribution in [0, 0.1) is 0 Å². The summed E-state index contributed by atoms with van der Waals surface area (Å²) in [5.41, 5.74) is -1.68. The van der Waals surface area contributed by atoms with Gasteiger partial charge >= 0.3 is 6.18 Å². The Morgan fingerprint density at radius 3 is 1.69 bits per heavy atom. The molecule has 0 radical (unpaired) electrons. The van der Waals surface area contributed by atoms with Crippen molar-refractivity contribution in [2.45, 2.75) is 69.0 Å². The van der Waals surface area contributed by atoms with Crippen molar-refractivity contribution in [2.75, 3.05) is 25.3 Å². The zero-order chi connectivity index (χ0) is 45.4. The van der Waals surface area contributed by atoms with Gasteiger partial charge in [-0.25, -0.2) is 4.39 Å². The van der Waals surface area contributed by atoms with E-state index in [1.807, 2.05) is 121 Å². The Morgan fingerprint density at radius 1 is 0.631 bits per heavy atom. The van der Waals surface area contributed by atoms with Crippen LogP contribution >= 0.6 is 11.6 Å². The lowest BCUT2D eigenvalue weighted by atomic mass is 9.88. The Kier molecular flexibility index (Phi) is 14.6. The van der Waals surface area contributed by atoms with Crippen molar-refractivity contribution in [1.82, 2.24) is 0 Å². The van der Waals surface area contributed by atoms with Crippen molar-refractivity contribution in [3.05, 3.63) is 202 Å². The van der Waals surface area contributed by atoms with E-state index in [-0.39, 0.29) is 60.6 Å². The molecule has 6 aromatic carbocycles. The second kappa shape index (κ2) is 20.7. The molecule has 65 heavy (non-hydrogen) atoms. The van der Waals surface area contributed by atoms with Crippen LogP contribution in [0.3, 0.4) is 0 Å². The highest BCUT2D eigenvalue weighted by molar-refractivity contribution is 6.30. The van der Waals surface area contributed by atoms with E-state index in [0.29, 0.717) is 0 Å². The fourth-order valence-corrected chi connectivity index (χ4v) is 8.17. The first-order valence-corrected chi connectivity index (χ1v) is 21.3. The number of anilines is 1. The van der Waals surface area contributed by atoms with Gasteiger partial charge in [-0.05, 0) is 52.6 Å². The standard InChI is InChI=1S/C51H46ClF4NO8/c1-59-43-25-23-39(52)27-41(43)50(53)40-24-22-38(51(54,55)56)26-42(40)57(49(50)58)33-64-48-47(63-31-37-20-12-5-13-21-37)46(62-30-36-18-10-4-11-19-36)45(61-29-35-16-8-3-9-17-35)44(65-48)32-60-28-34-14-6-2-7-15-34/h2-27,44-48H,28-33H2,1H3/t44-,45+,46+,47-,48?,50+/m1/s1. The molecule has 2 aliphatic heterocycles. The van der Waals surface area contributed by atoms with Crippen LogP contribution < -0.4 is 9.64 Å². The second-order valence-electron chi connectivity index (χ2n) is 15.6. The molecule has 0 aromatic heterocycles. The van der Waals surface area contributed by atoms with E-state index in [4.69, 9.17) is 44.8 Å². The first-order valence-electron chi connectivity index (χ1n) is 20.9. The third-order valence-electron chi connectivity index (χ3n) is 11.3. The van der Waals surface area contributed by atoms with Gasteiger partial charge in [-0.15, -0.1) is 0 Å². The van der Waals surface area contributed by atoms with Crippen molar-refractivity contribution in [1.29, 1.82) is 0 Å². The van der Waals surface area contributed by atoms with Gasteiger partial charge in [-0.2, -0.15) is 13.2 Å². The Labute approximate surface area is 379 Å². The molecule has 0 spiro atoms. The molecule has 1 unspecified atom stereocenters. The molecule has 0 aliphatic carbocycles. The summed E-state index contributed by atoms with van der Waals surface area (Å²) in [4.78, 5) is 15.4. The van der Waals surface area contributed by atoms with Crippen molar-refractivity contribution in [3.63, 3.8) is 0 Å². The SMILES string of the molecule is COc1ccc(Cl)cc1[C@]1(F)C(=O)N(COC2O[C@H](COCc3ccccc3)[C@H](OCc3ccccc3)[C@H](OCc3ccccc3)[C@H]2OCc2ccccc2)c2cc(C(F)(F)F)ccc21. The number of ether oxygens (including phenoxy) is 7. The average Bonchev–Trinajstić information content (AvgIpc) is 3.54. The molecule has 9 nitrogen and oxygen atoms in total. The maximum absolute atomic E-state index is 17.9. The van der Waals surface area contributed by atoms with Gasteiger partial charge in [0.05, 0.1) is 51.4 Å². The number of hydrogen-bond acceptors (Lipinski definition) is 8. The van der Waals surface area contributed by atoms with Crippen molar-refractivity contribution < 1.29 is 55.5 Å². The number of amides is 1. The van der Waals surface area contributed by atoms with E-state index in [2.05, 4.69) is 0 Å². The minimum atomic E-state index is -4.83. The van der Waals surface area contributed by atoms with Crippen LogP contribution in [0.4, 0.5) is 23.2 Å². The molecule has 0 saturated carbocycles. The molecule has 1 amide bonds. The van der Waals surface area contributed by atoms with Crippen LogP contribution in [0.25, 0.3) is 0 Å². The summed E-state index contributed by atoms with van der Waals surface area (Å²) in [6, 6.07) is 44.4. The highest BCUT2D eigenvalue weighted by Crippen LogP contribution is 2.51. The summed E-state index contributed by atoms with van der Waals surface area (Å²) < 4.78 is 106. The fraction of sp³-hybridized carbons (Fsp3) is 0.275. The lowest BCUT2D eigenvalue weighted by molar-refractivity contribution is -0.328. The molecule has 0 N–H and O–H groups in total. The van der Waals surface area contributed by atoms with Gasteiger partial charge in [-0.3, -0.25) is 9.69 Å². The molecule has 6 atom stereocenters. The van der Waals surface area contributed by atoms with Crippen molar-refractivity contribution in [3.8, 4) is 5.75 Å². The summed E-state index contributed by atoms with van der Waals surface area (Å²) in [7, 11) is 1.28. The van der Waals surface area contributed by atoms with Crippen LogP contribution in [0.2, 0.25) is 5.02 Å². The van der Waals surface area contributed by atoms with E-state index < -0.39 is 60.8 Å². The van der Waals surface area contributed by atoms with Gasteiger partial charge in [0.2, 0.25) is 5.67 Å². The number of halogens is 5. The Bertz CT molecular complexity index is 2490. The maximum Gasteiger partial charge on any atom is 0.416 e. The number of fused-ring (bicyclic) bond motifs is 1. The number of carbonyl (C=O) groups excluding carboxylic acids is 1. The molecule has 2 aliphatic rings. The highest BCUT2D eigenvalue weighted by Gasteiger charge is 2.56.